The summed E-state index contributed by atoms with van der Waals surface area (Å²) in [6.07, 6.45) is -1.68. The highest BCUT2D eigenvalue weighted by atomic mass is 19.4. The first-order chi connectivity index (χ1) is 13.3. The Morgan fingerprint density at radius 3 is 2.64 bits per heavy atom. The van der Waals surface area contributed by atoms with Gasteiger partial charge in [-0.2, -0.15) is 13.2 Å². The van der Waals surface area contributed by atoms with E-state index < -0.39 is 11.7 Å². The zero-order chi connectivity index (χ0) is 19.9. The second-order valence-corrected chi connectivity index (χ2v) is 7.99. The number of hydrogen-bond acceptors (Lipinski definition) is 1. The summed E-state index contributed by atoms with van der Waals surface area (Å²) in [5.74, 6) is 0.843. The molecular formula is C23H24F3NO. The van der Waals surface area contributed by atoms with Gasteiger partial charge in [-0.25, -0.2) is 0 Å². The van der Waals surface area contributed by atoms with E-state index in [0.29, 0.717) is 23.3 Å². The molecule has 0 N–H and O–H groups in total. The van der Waals surface area contributed by atoms with E-state index in [2.05, 4.69) is 10.6 Å². The molecule has 2 heterocycles. The smallest absolute Gasteiger partial charge is 0.416 e. The highest BCUT2D eigenvalue weighted by molar-refractivity contribution is 5.83. The Hall–Kier alpha value is -2.43. The molecule has 5 heteroatoms. The van der Waals surface area contributed by atoms with Crippen LogP contribution < -0.4 is 4.74 Å². The minimum absolute atomic E-state index is 0.115. The summed E-state index contributed by atoms with van der Waals surface area (Å²) >= 11 is 0. The third-order valence-corrected chi connectivity index (χ3v) is 5.29. The number of aromatic nitrogens is 1. The molecule has 1 aromatic heterocycles. The van der Waals surface area contributed by atoms with Crippen molar-refractivity contribution in [1.82, 2.24) is 4.57 Å². The number of alkyl halides is 3. The topological polar surface area (TPSA) is 14.2 Å². The lowest BCUT2D eigenvalue weighted by molar-refractivity contribution is -0.138. The van der Waals surface area contributed by atoms with Crippen molar-refractivity contribution in [3.63, 3.8) is 0 Å². The van der Waals surface area contributed by atoms with Crippen LogP contribution in [0.5, 0.6) is 5.75 Å². The minimum atomic E-state index is -4.35. The van der Waals surface area contributed by atoms with Crippen LogP contribution in [0.2, 0.25) is 0 Å². The molecule has 0 radical (unpaired) electrons. The minimum Gasteiger partial charge on any atom is -0.489 e. The van der Waals surface area contributed by atoms with Crippen molar-refractivity contribution in [2.75, 3.05) is 0 Å². The third kappa shape index (κ3) is 3.75. The van der Waals surface area contributed by atoms with E-state index in [4.69, 9.17) is 4.74 Å². The van der Waals surface area contributed by atoms with Crippen LogP contribution in [-0.2, 0) is 32.2 Å². The fourth-order valence-electron chi connectivity index (χ4n) is 4.05. The van der Waals surface area contributed by atoms with Crippen molar-refractivity contribution in [2.45, 2.75) is 52.4 Å². The van der Waals surface area contributed by atoms with Crippen LogP contribution in [0, 0.1) is 5.92 Å². The molecule has 0 saturated carbocycles. The second kappa shape index (κ2) is 7.19. The largest absolute Gasteiger partial charge is 0.489 e. The summed E-state index contributed by atoms with van der Waals surface area (Å²) in [7, 11) is 0. The van der Waals surface area contributed by atoms with E-state index >= 15 is 0 Å². The van der Waals surface area contributed by atoms with Crippen LogP contribution in [0.3, 0.4) is 0 Å². The predicted molar refractivity (Wildman–Crippen MR) is 105 cm³/mol. The van der Waals surface area contributed by atoms with Crippen molar-refractivity contribution in [3.8, 4) is 5.75 Å². The molecule has 4 rings (SSSR count). The highest BCUT2D eigenvalue weighted by Crippen LogP contribution is 2.34. The summed E-state index contributed by atoms with van der Waals surface area (Å²) in [6.45, 7) is 5.00. The molecule has 0 spiro atoms. The van der Waals surface area contributed by atoms with E-state index in [0.717, 1.165) is 18.4 Å². The van der Waals surface area contributed by atoms with Crippen molar-refractivity contribution in [2.24, 2.45) is 5.92 Å². The maximum absolute atomic E-state index is 13.5. The Morgan fingerprint density at radius 1 is 1.07 bits per heavy atom. The number of ether oxygens (including phenoxy) is 1. The SMILES string of the molecule is CC(C)Cc1ccc(COc2ccc3c(c2)cc2n3CCC2)cc1C(F)(F)F. The molecule has 0 amide bonds. The number of hydrogen-bond donors (Lipinski definition) is 0. The molecule has 1 aliphatic rings. The maximum atomic E-state index is 13.5. The summed E-state index contributed by atoms with van der Waals surface area (Å²) in [6, 6.07) is 12.6. The van der Waals surface area contributed by atoms with E-state index in [1.54, 1.807) is 12.1 Å². The van der Waals surface area contributed by atoms with E-state index in [1.165, 1.54) is 23.7 Å². The Labute approximate surface area is 162 Å². The molecule has 3 aromatic rings. The average Bonchev–Trinajstić information content (AvgIpc) is 3.20. The van der Waals surface area contributed by atoms with E-state index in [1.807, 2.05) is 32.0 Å². The Balaban J connectivity index is 1.53. The van der Waals surface area contributed by atoms with Crippen LogP contribution in [0.15, 0.2) is 42.5 Å². The fourth-order valence-corrected chi connectivity index (χ4v) is 4.05. The summed E-state index contributed by atoms with van der Waals surface area (Å²) in [4.78, 5) is 0. The number of benzene rings is 2. The van der Waals surface area contributed by atoms with Gasteiger partial charge in [0.25, 0.3) is 0 Å². The molecule has 0 unspecified atom stereocenters. The van der Waals surface area contributed by atoms with Crippen molar-refractivity contribution in [3.05, 3.63) is 64.8 Å². The van der Waals surface area contributed by atoms with Crippen molar-refractivity contribution < 1.29 is 17.9 Å². The van der Waals surface area contributed by atoms with Crippen molar-refractivity contribution in [1.29, 1.82) is 0 Å². The lowest BCUT2D eigenvalue weighted by Crippen LogP contribution is -2.12. The van der Waals surface area contributed by atoms with Gasteiger partial charge in [0, 0.05) is 23.1 Å². The normalized spacial score (nSPS) is 14.1. The van der Waals surface area contributed by atoms with Gasteiger partial charge >= 0.3 is 6.18 Å². The standard InChI is InChI=1S/C23H24F3NO/c1-15(2)10-17-6-5-16(11-21(17)23(24,25)26)14-28-20-7-8-22-18(13-20)12-19-4-3-9-27(19)22/h5-8,11-13,15H,3-4,9-10,14H2,1-2H3. The molecule has 28 heavy (non-hydrogen) atoms. The Morgan fingerprint density at radius 2 is 1.89 bits per heavy atom. The van der Waals surface area contributed by atoms with Crippen LogP contribution in [-0.4, -0.2) is 4.57 Å². The molecule has 0 fully saturated rings. The van der Waals surface area contributed by atoms with Crippen LogP contribution >= 0.6 is 0 Å². The molecule has 148 valence electrons. The van der Waals surface area contributed by atoms with Crippen LogP contribution in [0.1, 0.15) is 42.7 Å². The monoisotopic (exact) mass is 387 g/mol. The zero-order valence-corrected chi connectivity index (χ0v) is 16.1. The molecule has 0 atom stereocenters. The van der Waals surface area contributed by atoms with Gasteiger partial charge in [0.05, 0.1) is 5.56 Å². The molecule has 2 nitrogen and oxygen atoms in total. The number of aryl methyl sites for hydroxylation is 2. The van der Waals surface area contributed by atoms with Gasteiger partial charge in [0.1, 0.15) is 12.4 Å². The fraction of sp³-hybridized carbons (Fsp3) is 0.391. The maximum Gasteiger partial charge on any atom is 0.416 e. The van der Waals surface area contributed by atoms with Gasteiger partial charge in [-0.05, 0) is 66.6 Å². The molecule has 0 aliphatic carbocycles. The van der Waals surface area contributed by atoms with Gasteiger partial charge in [0.15, 0.2) is 0 Å². The molecule has 0 bridgehead atoms. The Bertz CT molecular complexity index is 1000. The average molecular weight is 387 g/mol. The van der Waals surface area contributed by atoms with Gasteiger partial charge < -0.3 is 9.30 Å². The molecule has 2 aromatic carbocycles. The van der Waals surface area contributed by atoms with Crippen LogP contribution in [0.25, 0.3) is 10.9 Å². The second-order valence-electron chi connectivity index (χ2n) is 7.99. The van der Waals surface area contributed by atoms with E-state index in [9.17, 15) is 13.2 Å². The first-order valence-electron chi connectivity index (χ1n) is 9.75. The van der Waals surface area contributed by atoms with E-state index in [-0.39, 0.29) is 12.5 Å². The number of fused-ring (bicyclic) bond motifs is 3. The zero-order valence-electron chi connectivity index (χ0n) is 16.1. The van der Waals surface area contributed by atoms with Crippen LogP contribution in [0.4, 0.5) is 13.2 Å². The number of nitrogens with zero attached hydrogens (tertiary/aromatic N) is 1. The molecular weight excluding hydrogens is 363 g/mol. The Kier molecular flexibility index (Phi) is 4.86. The first-order valence-corrected chi connectivity index (χ1v) is 9.75. The van der Waals surface area contributed by atoms with Gasteiger partial charge in [-0.15, -0.1) is 0 Å². The number of halogens is 3. The lowest BCUT2D eigenvalue weighted by Gasteiger charge is -2.16. The van der Waals surface area contributed by atoms with Gasteiger partial charge in [0.2, 0.25) is 0 Å². The molecule has 0 saturated heterocycles. The quantitative estimate of drug-likeness (QED) is 0.495. The first kappa shape index (κ1) is 18.9. The third-order valence-electron chi connectivity index (χ3n) is 5.29. The van der Waals surface area contributed by atoms with Gasteiger partial charge in [-0.3, -0.25) is 0 Å². The lowest BCUT2D eigenvalue weighted by atomic mass is 9.96. The summed E-state index contributed by atoms with van der Waals surface area (Å²) in [5.41, 5.74) is 2.84. The van der Waals surface area contributed by atoms with Gasteiger partial charge in [-0.1, -0.05) is 26.0 Å². The number of rotatable bonds is 5. The summed E-state index contributed by atoms with van der Waals surface area (Å²) in [5, 5.41) is 1.12. The molecule has 1 aliphatic heterocycles. The summed E-state index contributed by atoms with van der Waals surface area (Å²) < 4.78 is 48.5. The predicted octanol–water partition coefficient (Wildman–Crippen LogP) is 6.38. The van der Waals surface area contributed by atoms with Crippen molar-refractivity contribution >= 4 is 10.9 Å². The highest BCUT2D eigenvalue weighted by Gasteiger charge is 2.33.